The zero-order valence-corrected chi connectivity index (χ0v) is 16.3. The largest absolute Gasteiger partial charge is 0.341 e. The number of rotatable bonds is 6. The molecule has 0 saturated heterocycles. The molecule has 0 fully saturated rings. The summed E-state index contributed by atoms with van der Waals surface area (Å²) >= 11 is 1.35. The fourth-order valence-corrected chi connectivity index (χ4v) is 3.43. The minimum Gasteiger partial charge on any atom is -0.341 e. The van der Waals surface area contributed by atoms with Gasteiger partial charge in [-0.1, -0.05) is 53.7 Å². The second kappa shape index (κ2) is 8.35. The molecule has 1 amide bonds. The van der Waals surface area contributed by atoms with E-state index in [9.17, 15) is 9.18 Å². The van der Waals surface area contributed by atoms with Crippen LogP contribution >= 0.6 is 11.8 Å². The average molecular weight is 384 g/mol. The van der Waals surface area contributed by atoms with E-state index in [1.807, 2.05) is 42.8 Å². The molecule has 7 heteroatoms. The predicted octanol–water partition coefficient (Wildman–Crippen LogP) is 3.68. The lowest BCUT2D eigenvalue weighted by Gasteiger charge is -2.17. The fraction of sp³-hybridized carbons (Fsp3) is 0.250. The third-order valence-electron chi connectivity index (χ3n) is 4.23. The molecule has 0 atom stereocenters. The third kappa shape index (κ3) is 4.74. The molecule has 0 radical (unpaired) electrons. The van der Waals surface area contributed by atoms with Crippen molar-refractivity contribution in [2.45, 2.75) is 18.6 Å². The number of benzene rings is 2. The number of aromatic nitrogens is 3. The maximum atomic E-state index is 13.0. The molecule has 3 rings (SSSR count). The van der Waals surface area contributed by atoms with Gasteiger partial charge in [0.25, 0.3) is 0 Å². The first-order valence-electron chi connectivity index (χ1n) is 8.51. The van der Waals surface area contributed by atoms with Crippen molar-refractivity contribution < 1.29 is 9.18 Å². The van der Waals surface area contributed by atoms with Crippen LogP contribution in [0.4, 0.5) is 4.39 Å². The highest BCUT2D eigenvalue weighted by Crippen LogP contribution is 2.23. The molecule has 3 aromatic rings. The van der Waals surface area contributed by atoms with Gasteiger partial charge in [-0.05, 0) is 24.6 Å². The van der Waals surface area contributed by atoms with Gasteiger partial charge in [0.2, 0.25) is 5.91 Å². The smallest absolute Gasteiger partial charge is 0.233 e. The molecule has 5 nitrogen and oxygen atoms in total. The second-order valence-electron chi connectivity index (χ2n) is 6.40. The topological polar surface area (TPSA) is 51.0 Å². The van der Waals surface area contributed by atoms with Crippen LogP contribution in [-0.2, 0) is 18.4 Å². The minimum atomic E-state index is -0.282. The van der Waals surface area contributed by atoms with Gasteiger partial charge in [-0.25, -0.2) is 4.39 Å². The van der Waals surface area contributed by atoms with E-state index in [2.05, 4.69) is 10.2 Å². The van der Waals surface area contributed by atoms with E-state index >= 15 is 0 Å². The lowest BCUT2D eigenvalue weighted by molar-refractivity contribution is -0.127. The Morgan fingerprint density at radius 1 is 1.11 bits per heavy atom. The predicted molar refractivity (Wildman–Crippen MR) is 105 cm³/mol. The van der Waals surface area contributed by atoms with Gasteiger partial charge in [-0.2, -0.15) is 0 Å². The van der Waals surface area contributed by atoms with E-state index in [0.717, 1.165) is 17.0 Å². The molecule has 0 bridgehead atoms. The second-order valence-corrected chi connectivity index (χ2v) is 7.34. The molecule has 0 aliphatic carbocycles. The Kier molecular flexibility index (Phi) is 5.91. The van der Waals surface area contributed by atoms with E-state index < -0.39 is 0 Å². The molecule has 2 aromatic carbocycles. The van der Waals surface area contributed by atoms with Gasteiger partial charge in [0.1, 0.15) is 5.82 Å². The van der Waals surface area contributed by atoms with Crippen molar-refractivity contribution in [2.24, 2.45) is 7.05 Å². The summed E-state index contributed by atoms with van der Waals surface area (Å²) in [6.45, 7) is 2.48. The summed E-state index contributed by atoms with van der Waals surface area (Å²) in [6.07, 6.45) is 0. The lowest BCUT2D eigenvalue weighted by atomic mass is 10.1. The SMILES string of the molecule is Cc1ccc(-c2nnc(SCC(=O)N(C)Cc3ccc(F)cc3)n2C)cc1. The maximum Gasteiger partial charge on any atom is 0.233 e. The molecule has 0 N–H and O–H groups in total. The molecule has 27 heavy (non-hydrogen) atoms. The zero-order chi connectivity index (χ0) is 19.4. The first-order valence-corrected chi connectivity index (χ1v) is 9.50. The normalized spacial score (nSPS) is 10.8. The van der Waals surface area contributed by atoms with Crippen molar-refractivity contribution in [2.75, 3.05) is 12.8 Å². The van der Waals surface area contributed by atoms with Gasteiger partial charge >= 0.3 is 0 Å². The number of aryl methyl sites for hydroxylation is 1. The van der Waals surface area contributed by atoms with Crippen molar-refractivity contribution in [3.63, 3.8) is 0 Å². The summed E-state index contributed by atoms with van der Waals surface area (Å²) in [6, 6.07) is 14.2. The summed E-state index contributed by atoms with van der Waals surface area (Å²) in [5.41, 5.74) is 3.06. The van der Waals surface area contributed by atoms with E-state index in [4.69, 9.17) is 0 Å². The van der Waals surface area contributed by atoms with E-state index in [-0.39, 0.29) is 17.5 Å². The lowest BCUT2D eigenvalue weighted by Crippen LogP contribution is -2.27. The van der Waals surface area contributed by atoms with Crippen molar-refractivity contribution >= 4 is 17.7 Å². The van der Waals surface area contributed by atoms with Gasteiger partial charge in [-0.3, -0.25) is 4.79 Å². The van der Waals surface area contributed by atoms with Crippen LogP contribution in [0.15, 0.2) is 53.7 Å². The Morgan fingerprint density at radius 3 is 2.44 bits per heavy atom. The van der Waals surface area contributed by atoms with Crippen LogP contribution < -0.4 is 0 Å². The summed E-state index contributed by atoms with van der Waals surface area (Å²) < 4.78 is 14.9. The number of carbonyl (C=O) groups is 1. The molecule has 1 aromatic heterocycles. The summed E-state index contributed by atoms with van der Waals surface area (Å²) in [4.78, 5) is 14.0. The molecule has 0 saturated carbocycles. The van der Waals surface area contributed by atoms with Gasteiger partial charge in [0, 0.05) is 26.2 Å². The molecule has 0 aliphatic rings. The molecule has 0 aliphatic heterocycles. The first kappa shape index (κ1) is 19.1. The Balaban J connectivity index is 1.60. The molecular weight excluding hydrogens is 363 g/mol. The van der Waals surface area contributed by atoms with Crippen LogP contribution in [0.25, 0.3) is 11.4 Å². The van der Waals surface area contributed by atoms with E-state index in [0.29, 0.717) is 11.7 Å². The van der Waals surface area contributed by atoms with Crippen LogP contribution in [0.2, 0.25) is 0 Å². The Bertz CT molecular complexity index is 922. The number of hydrogen-bond acceptors (Lipinski definition) is 4. The molecule has 0 spiro atoms. The Hall–Kier alpha value is -2.67. The quantitative estimate of drug-likeness (QED) is 0.609. The van der Waals surface area contributed by atoms with Gasteiger partial charge in [0.15, 0.2) is 11.0 Å². The van der Waals surface area contributed by atoms with Crippen LogP contribution in [0.3, 0.4) is 0 Å². The van der Waals surface area contributed by atoms with Crippen molar-refractivity contribution in [3.8, 4) is 11.4 Å². The average Bonchev–Trinajstić information content (AvgIpc) is 3.03. The standard InChI is InChI=1S/C20H21FN4OS/c1-14-4-8-16(9-5-14)19-22-23-20(25(19)3)27-13-18(26)24(2)12-15-6-10-17(21)11-7-15/h4-11H,12-13H2,1-3H3. The van der Waals surface area contributed by atoms with Crippen molar-refractivity contribution in [1.82, 2.24) is 19.7 Å². The van der Waals surface area contributed by atoms with Gasteiger partial charge in [0.05, 0.1) is 5.75 Å². The molecular formula is C20H21FN4OS. The number of amides is 1. The van der Waals surface area contributed by atoms with Crippen LogP contribution in [0.1, 0.15) is 11.1 Å². The van der Waals surface area contributed by atoms with E-state index in [1.165, 1.54) is 29.5 Å². The molecule has 140 valence electrons. The highest BCUT2D eigenvalue weighted by Gasteiger charge is 2.15. The number of hydrogen-bond donors (Lipinski definition) is 0. The summed E-state index contributed by atoms with van der Waals surface area (Å²) in [5.74, 6) is 0.723. The molecule has 1 heterocycles. The number of thioether (sulfide) groups is 1. The monoisotopic (exact) mass is 384 g/mol. The molecule has 0 unspecified atom stereocenters. The van der Waals surface area contributed by atoms with Crippen LogP contribution in [-0.4, -0.2) is 38.4 Å². The van der Waals surface area contributed by atoms with E-state index in [1.54, 1.807) is 24.1 Å². The Morgan fingerprint density at radius 2 is 1.78 bits per heavy atom. The van der Waals surface area contributed by atoms with Crippen molar-refractivity contribution in [1.29, 1.82) is 0 Å². The number of carbonyl (C=O) groups excluding carboxylic acids is 1. The highest BCUT2D eigenvalue weighted by molar-refractivity contribution is 7.99. The highest BCUT2D eigenvalue weighted by atomic mass is 32.2. The third-order valence-corrected chi connectivity index (χ3v) is 5.23. The number of nitrogens with zero attached hydrogens (tertiary/aromatic N) is 4. The van der Waals surface area contributed by atoms with Gasteiger partial charge in [-0.15, -0.1) is 10.2 Å². The van der Waals surface area contributed by atoms with Crippen molar-refractivity contribution in [3.05, 3.63) is 65.5 Å². The minimum absolute atomic E-state index is 0.0239. The Labute approximate surface area is 162 Å². The zero-order valence-electron chi connectivity index (χ0n) is 15.5. The summed E-state index contributed by atoms with van der Waals surface area (Å²) in [7, 11) is 3.63. The van der Waals surface area contributed by atoms with Crippen LogP contribution in [0.5, 0.6) is 0 Å². The summed E-state index contributed by atoms with van der Waals surface area (Å²) in [5, 5.41) is 9.14. The maximum absolute atomic E-state index is 13.0. The first-order chi connectivity index (χ1) is 12.9. The number of halogens is 1. The fourth-order valence-electron chi connectivity index (χ4n) is 2.58. The van der Waals surface area contributed by atoms with Crippen LogP contribution in [0, 0.1) is 12.7 Å². The van der Waals surface area contributed by atoms with Gasteiger partial charge < -0.3 is 9.47 Å².